The first-order chi connectivity index (χ1) is 9.72. The molecule has 0 saturated carbocycles. The molecule has 0 aliphatic carbocycles. The molecule has 0 bridgehead atoms. The van der Waals surface area contributed by atoms with Gasteiger partial charge in [0.1, 0.15) is 18.5 Å². The standard InChI is InChI=1S/C11H15N7O2/c19-9-7-8(15-11(20)16-9)14-10(18-17-7)13-5-6-2-1-3-12-4-6/h1-4,7-8,10,13-14,17-18H,5H2,(H2,15,16,19,20). The lowest BCUT2D eigenvalue weighted by atomic mass is 10.1. The molecule has 1 aromatic rings. The average Bonchev–Trinajstić information content (AvgIpc) is 2.45. The van der Waals surface area contributed by atoms with E-state index in [-0.39, 0.29) is 12.2 Å². The number of carbonyl (C=O) groups is 2. The first-order valence-corrected chi connectivity index (χ1v) is 6.23. The molecule has 0 radical (unpaired) electrons. The van der Waals surface area contributed by atoms with Crippen molar-refractivity contribution in [2.45, 2.75) is 25.0 Å². The van der Waals surface area contributed by atoms with E-state index in [0.29, 0.717) is 6.54 Å². The van der Waals surface area contributed by atoms with Gasteiger partial charge in [0.05, 0.1) is 0 Å². The fourth-order valence-electron chi connectivity index (χ4n) is 2.12. The van der Waals surface area contributed by atoms with E-state index < -0.39 is 18.2 Å². The highest BCUT2D eigenvalue weighted by Gasteiger charge is 2.39. The maximum Gasteiger partial charge on any atom is 0.322 e. The fourth-order valence-corrected chi connectivity index (χ4v) is 2.12. The lowest BCUT2D eigenvalue weighted by molar-refractivity contribution is -0.125. The molecule has 9 heteroatoms. The number of nitrogens with zero attached hydrogens (tertiary/aromatic N) is 1. The zero-order valence-corrected chi connectivity index (χ0v) is 10.5. The molecule has 2 fully saturated rings. The number of fused-ring (bicyclic) bond motifs is 1. The van der Waals surface area contributed by atoms with Crippen molar-refractivity contribution in [3.05, 3.63) is 30.1 Å². The molecule has 6 N–H and O–H groups in total. The van der Waals surface area contributed by atoms with Crippen LogP contribution < -0.4 is 32.1 Å². The summed E-state index contributed by atoms with van der Waals surface area (Å²) in [4.78, 5) is 26.9. The Hall–Kier alpha value is -2.07. The Bertz CT molecular complexity index is 509. The summed E-state index contributed by atoms with van der Waals surface area (Å²) in [6.07, 6.45) is 2.72. The van der Waals surface area contributed by atoms with Gasteiger partial charge in [0.25, 0.3) is 0 Å². The van der Waals surface area contributed by atoms with E-state index in [1.807, 2.05) is 12.1 Å². The lowest BCUT2D eigenvalue weighted by Crippen LogP contribution is -2.80. The summed E-state index contributed by atoms with van der Waals surface area (Å²) in [5.74, 6) is -0.371. The Balaban J connectivity index is 1.55. The van der Waals surface area contributed by atoms with Gasteiger partial charge in [-0.25, -0.2) is 15.6 Å². The van der Waals surface area contributed by atoms with Crippen LogP contribution in [0.4, 0.5) is 4.79 Å². The third-order valence-electron chi connectivity index (χ3n) is 3.10. The molecule has 0 aromatic carbocycles. The molecule has 3 atom stereocenters. The number of amides is 3. The van der Waals surface area contributed by atoms with Gasteiger partial charge in [0.2, 0.25) is 5.91 Å². The Morgan fingerprint density at radius 1 is 1.30 bits per heavy atom. The highest BCUT2D eigenvalue weighted by molar-refractivity contribution is 6.00. The molecular weight excluding hydrogens is 262 g/mol. The minimum Gasteiger partial charge on any atom is -0.320 e. The second kappa shape index (κ2) is 5.51. The molecule has 2 aliphatic heterocycles. The molecule has 20 heavy (non-hydrogen) atoms. The van der Waals surface area contributed by atoms with Crippen molar-refractivity contribution in [3.63, 3.8) is 0 Å². The summed E-state index contributed by atoms with van der Waals surface area (Å²) in [7, 11) is 0. The maximum atomic E-state index is 11.6. The molecule has 3 unspecified atom stereocenters. The number of rotatable bonds is 3. The number of carbonyl (C=O) groups excluding carboxylic acids is 2. The molecule has 3 amide bonds. The average molecular weight is 277 g/mol. The van der Waals surface area contributed by atoms with Crippen molar-refractivity contribution < 1.29 is 9.59 Å². The van der Waals surface area contributed by atoms with Crippen molar-refractivity contribution >= 4 is 11.9 Å². The smallest absolute Gasteiger partial charge is 0.320 e. The minimum absolute atomic E-state index is 0.289. The van der Waals surface area contributed by atoms with Gasteiger partial charge in [-0.15, -0.1) is 0 Å². The number of hydrogen-bond donors (Lipinski definition) is 6. The summed E-state index contributed by atoms with van der Waals surface area (Å²) in [6.45, 7) is 0.595. The molecule has 1 aromatic heterocycles. The molecule has 2 saturated heterocycles. The first-order valence-electron chi connectivity index (χ1n) is 6.23. The van der Waals surface area contributed by atoms with Crippen LogP contribution in [0, 0.1) is 0 Å². The quantitative estimate of drug-likeness (QED) is 0.367. The molecule has 106 valence electrons. The number of pyridine rings is 1. The van der Waals surface area contributed by atoms with Crippen LogP contribution in [0.1, 0.15) is 5.56 Å². The van der Waals surface area contributed by atoms with Crippen molar-refractivity contribution in [1.82, 2.24) is 37.1 Å². The number of nitrogens with one attached hydrogen (secondary N) is 6. The van der Waals surface area contributed by atoms with Crippen molar-refractivity contribution in [3.8, 4) is 0 Å². The highest BCUT2D eigenvalue weighted by Crippen LogP contribution is 2.02. The minimum atomic E-state index is -0.552. The van der Waals surface area contributed by atoms with E-state index >= 15 is 0 Å². The van der Waals surface area contributed by atoms with Crippen LogP contribution in [-0.2, 0) is 11.3 Å². The fraction of sp³-hybridized carbons (Fsp3) is 0.364. The van der Waals surface area contributed by atoms with Gasteiger partial charge in [0, 0.05) is 18.9 Å². The zero-order valence-electron chi connectivity index (χ0n) is 10.5. The Morgan fingerprint density at radius 2 is 2.20 bits per heavy atom. The van der Waals surface area contributed by atoms with E-state index in [4.69, 9.17) is 0 Å². The largest absolute Gasteiger partial charge is 0.322 e. The van der Waals surface area contributed by atoms with Crippen LogP contribution in [0.25, 0.3) is 0 Å². The molecule has 0 spiro atoms. The van der Waals surface area contributed by atoms with Gasteiger partial charge in [-0.1, -0.05) is 6.07 Å². The summed E-state index contributed by atoms with van der Waals surface area (Å²) in [5.41, 5.74) is 6.82. The van der Waals surface area contributed by atoms with Crippen LogP contribution in [0.2, 0.25) is 0 Å². The predicted octanol–water partition coefficient (Wildman–Crippen LogP) is -2.31. The van der Waals surface area contributed by atoms with E-state index in [0.717, 1.165) is 5.56 Å². The van der Waals surface area contributed by atoms with E-state index in [2.05, 4.69) is 37.1 Å². The van der Waals surface area contributed by atoms with Crippen molar-refractivity contribution in [1.29, 1.82) is 0 Å². The maximum absolute atomic E-state index is 11.6. The topological polar surface area (TPSA) is 119 Å². The van der Waals surface area contributed by atoms with Gasteiger partial charge in [0.15, 0.2) is 0 Å². The van der Waals surface area contributed by atoms with Crippen LogP contribution in [0.5, 0.6) is 0 Å². The van der Waals surface area contributed by atoms with Crippen LogP contribution in [-0.4, -0.2) is 35.4 Å². The van der Waals surface area contributed by atoms with E-state index in [9.17, 15) is 9.59 Å². The summed E-state index contributed by atoms with van der Waals surface area (Å²) < 4.78 is 0. The van der Waals surface area contributed by atoms with Gasteiger partial charge in [-0.2, -0.15) is 0 Å². The molecular formula is C11H15N7O2. The Kier molecular flexibility index (Phi) is 3.56. The number of hydrazine groups is 1. The highest BCUT2D eigenvalue weighted by atomic mass is 16.2. The third-order valence-corrected chi connectivity index (χ3v) is 3.10. The second-order valence-corrected chi connectivity index (χ2v) is 4.55. The van der Waals surface area contributed by atoms with Crippen molar-refractivity contribution in [2.75, 3.05) is 0 Å². The summed E-state index contributed by atoms with van der Waals surface area (Å²) in [6, 6.07) is 2.76. The molecule has 3 heterocycles. The number of urea groups is 1. The van der Waals surface area contributed by atoms with E-state index in [1.54, 1.807) is 12.4 Å². The van der Waals surface area contributed by atoms with Gasteiger partial charge < -0.3 is 5.32 Å². The normalized spacial score (nSPS) is 29.3. The lowest BCUT2D eigenvalue weighted by Gasteiger charge is -2.40. The Labute approximate surface area is 114 Å². The number of aromatic nitrogens is 1. The number of imide groups is 1. The number of hydrogen-bond acceptors (Lipinski definition) is 7. The second-order valence-electron chi connectivity index (χ2n) is 4.55. The summed E-state index contributed by atoms with van der Waals surface area (Å²) >= 11 is 0. The van der Waals surface area contributed by atoms with Crippen LogP contribution in [0.3, 0.4) is 0 Å². The first kappa shape index (κ1) is 12.9. The van der Waals surface area contributed by atoms with Crippen molar-refractivity contribution in [2.24, 2.45) is 0 Å². The molecule has 3 rings (SSSR count). The monoisotopic (exact) mass is 277 g/mol. The van der Waals surface area contributed by atoms with Crippen LogP contribution in [0.15, 0.2) is 24.5 Å². The third kappa shape index (κ3) is 2.75. The molecule has 9 nitrogen and oxygen atoms in total. The van der Waals surface area contributed by atoms with Crippen LogP contribution >= 0.6 is 0 Å². The van der Waals surface area contributed by atoms with Gasteiger partial charge in [-0.3, -0.25) is 25.7 Å². The van der Waals surface area contributed by atoms with Gasteiger partial charge in [-0.05, 0) is 11.6 Å². The van der Waals surface area contributed by atoms with Gasteiger partial charge >= 0.3 is 6.03 Å². The predicted molar refractivity (Wildman–Crippen MR) is 68.5 cm³/mol. The van der Waals surface area contributed by atoms with E-state index in [1.165, 1.54) is 0 Å². The Morgan fingerprint density at radius 3 is 3.00 bits per heavy atom. The SMILES string of the molecule is O=C1NC(=O)C2NNC(NCc3cccnc3)NC2N1. The zero-order chi connectivity index (χ0) is 13.9. The molecule has 2 aliphatic rings. The summed E-state index contributed by atoms with van der Waals surface area (Å²) in [5, 5.41) is 11.1.